The van der Waals surface area contributed by atoms with Crippen molar-refractivity contribution in [3.8, 4) is 5.75 Å². The summed E-state index contributed by atoms with van der Waals surface area (Å²) in [6.45, 7) is 4.86. The largest absolute Gasteiger partial charge is 0.494 e. The number of nitrogens with zero attached hydrogens (tertiary/aromatic N) is 2. The molecule has 2 aromatic rings. The minimum Gasteiger partial charge on any atom is -0.494 e. The maximum Gasteiger partial charge on any atom is 0.213 e. The maximum atomic E-state index is 10.6. The van der Waals surface area contributed by atoms with Crippen molar-refractivity contribution in [1.29, 1.82) is 0 Å². The molecule has 0 fully saturated rings. The number of hydrogen-bond acceptors (Lipinski definition) is 3. The van der Waals surface area contributed by atoms with E-state index < -0.39 is 0 Å². The topological polar surface area (TPSA) is 56.2 Å². The van der Waals surface area contributed by atoms with Crippen molar-refractivity contribution >= 4 is 23.4 Å². The van der Waals surface area contributed by atoms with Crippen LogP contribution >= 0.6 is 0 Å². The van der Waals surface area contributed by atoms with E-state index in [1.54, 1.807) is 7.11 Å². The van der Waals surface area contributed by atoms with E-state index in [-0.39, 0.29) is 0 Å². The van der Waals surface area contributed by atoms with Crippen LogP contribution in [-0.2, 0) is 11.3 Å². The molecule has 5 nitrogen and oxygen atoms in total. The molecule has 0 aliphatic rings. The van der Waals surface area contributed by atoms with E-state index in [1.807, 2.05) is 23.6 Å². The zero-order chi connectivity index (χ0) is 13.1. The average Bonchev–Trinajstić information content (AvgIpc) is 2.67. The Morgan fingerprint density at radius 2 is 2.28 bits per heavy atom. The second-order valence-electron chi connectivity index (χ2n) is 4.18. The Morgan fingerprint density at radius 1 is 1.50 bits per heavy atom. The van der Waals surface area contributed by atoms with Crippen molar-refractivity contribution in [2.24, 2.45) is 0 Å². The lowest BCUT2D eigenvalue weighted by Crippen LogP contribution is -2.06. The summed E-state index contributed by atoms with van der Waals surface area (Å²) in [5.41, 5.74) is 2.84. The van der Waals surface area contributed by atoms with Gasteiger partial charge in [-0.05, 0) is 31.0 Å². The normalized spacial score (nSPS) is 10.6. The van der Waals surface area contributed by atoms with Crippen LogP contribution in [0.2, 0.25) is 0 Å². The summed E-state index contributed by atoms with van der Waals surface area (Å²) in [7, 11) is 1.64. The number of ether oxygens (including phenoxy) is 1. The number of hydrogen-bond donors (Lipinski definition) is 1. The second kappa shape index (κ2) is 5.08. The lowest BCUT2D eigenvalue weighted by Gasteiger charge is -2.09. The summed E-state index contributed by atoms with van der Waals surface area (Å²) >= 11 is 0. The molecule has 0 spiro atoms. The minimum absolute atomic E-state index is 0.561. The maximum absolute atomic E-state index is 10.6. The van der Waals surface area contributed by atoms with Crippen LogP contribution in [0.1, 0.15) is 18.9 Å². The number of amides is 1. The van der Waals surface area contributed by atoms with Gasteiger partial charge < -0.3 is 9.30 Å². The molecular weight excluding hydrogens is 230 g/mol. The Morgan fingerprint density at radius 3 is 2.89 bits per heavy atom. The van der Waals surface area contributed by atoms with E-state index in [9.17, 15) is 4.79 Å². The molecular formula is C13H17N3O2. The van der Waals surface area contributed by atoms with Crippen LogP contribution in [-0.4, -0.2) is 23.1 Å². The first-order chi connectivity index (χ1) is 8.71. The lowest BCUT2D eigenvalue weighted by atomic mass is 10.2. The predicted molar refractivity (Wildman–Crippen MR) is 71.0 cm³/mol. The molecule has 1 N–H and O–H groups in total. The van der Waals surface area contributed by atoms with Gasteiger partial charge in [-0.1, -0.05) is 6.92 Å². The van der Waals surface area contributed by atoms with Gasteiger partial charge >= 0.3 is 0 Å². The van der Waals surface area contributed by atoms with Crippen molar-refractivity contribution in [3.63, 3.8) is 0 Å². The van der Waals surface area contributed by atoms with Gasteiger partial charge in [-0.15, -0.1) is 0 Å². The highest BCUT2D eigenvalue weighted by Crippen LogP contribution is 2.30. The van der Waals surface area contributed by atoms with Crippen LogP contribution in [0.15, 0.2) is 12.1 Å². The summed E-state index contributed by atoms with van der Waals surface area (Å²) in [6, 6.07) is 3.96. The van der Waals surface area contributed by atoms with Gasteiger partial charge in [0.2, 0.25) is 12.4 Å². The molecule has 0 atom stereocenters. The zero-order valence-electron chi connectivity index (χ0n) is 10.9. The number of fused-ring (bicyclic) bond motifs is 1. The van der Waals surface area contributed by atoms with Crippen LogP contribution in [0.3, 0.4) is 0 Å². The summed E-state index contributed by atoms with van der Waals surface area (Å²) in [4.78, 5) is 15.1. The van der Waals surface area contributed by atoms with Crippen molar-refractivity contribution in [1.82, 2.24) is 9.55 Å². The van der Waals surface area contributed by atoms with Crippen LogP contribution in [0, 0.1) is 6.92 Å². The van der Waals surface area contributed by atoms with Gasteiger partial charge in [-0.25, -0.2) is 4.98 Å². The van der Waals surface area contributed by atoms with E-state index in [2.05, 4.69) is 17.2 Å². The van der Waals surface area contributed by atoms with Crippen molar-refractivity contribution in [2.75, 3.05) is 12.4 Å². The van der Waals surface area contributed by atoms with Gasteiger partial charge in [0.1, 0.15) is 11.3 Å². The van der Waals surface area contributed by atoms with Crippen molar-refractivity contribution < 1.29 is 9.53 Å². The summed E-state index contributed by atoms with van der Waals surface area (Å²) in [5.74, 6) is 1.34. The second-order valence-corrected chi connectivity index (χ2v) is 4.18. The lowest BCUT2D eigenvalue weighted by molar-refractivity contribution is -0.105. The smallest absolute Gasteiger partial charge is 0.213 e. The monoisotopic (exact) mass is 247 g/mol. The van der Waals surface area contributed by atoms with E-state index in [0.717, 1.165) is 35.3 Å². The Labute approximate surface area is 106 Å². The number of aromatic nitrogens is 2. The van der Waals surface area contributed by atoms with E-state index in [1.165, 1.54) is 0 Å². The Kier molecular flexibility index (Phi) is 3.50. The van der Waals surface area contributed by atoms with Crippen LogP contribution < -0.4 is 10.1 Å². The van der Waals surface area contributed by atoms with Crippen LogP contribution in [0.4, 0.5) is 5.95 Å². The van der Waals surface area contributed by atoms with Crippen LogP contribution in [0.25, 0.3) is 11.0 Å². The molecule has 0 bridgehead atoms. The predicted octanol–water partition coefficient (Wildman–Crippen LogP) is 2.33. The van der Waals surface area contributed by atoms with Crippen molar-refractivity contribution in [2.45, 2.75) is 26.8 Å². The quantitative estimate of drug-likeness (QED) is 0.825. The highest BCUT2D eigenvalue weighted by molar-refractivity contribution is 5.87. The third-order valence-electron chi connectivity index (χ3n) is 2.81. The fraction of sp³-hybridized carbons (Fsp3) is 0.385. The number of benzene rings is 1. The van der Waals surface area contributed by atoms with Crippen molar-refractivity contribution in [3.05, 3.63) is 17.7 Å². The zero-order valence-corrected chi connectivity index (χ0v) is 10.9. The molecule has 0 aliphatic heterocycles. The molecule has 0 saturated carbocycles. The number of aryl methyl sites for hydroxylation is 2. The number of carbonyl (C=O) groups excluding carboxylic acids is 1. The molecule has 0 saturated heterocycles. The van der Waals surface area contributed by atoms with E-state index >= 15 is 0 Å². The number of anilines is 1. The highest BCUT2D eigenvalue weighted by Gasteiger charge is 2.14. The average molecular weight is 247 g/mol. The number of rotatable bonds is 5. The summed E-state index contributed by atoms with van der Waals surface area (Å²) in [5, 5.41) is 2.64. The first-order valence-corrected chi connectivity index (χ1v) is 5.96. The Hall–Kier alpha value is -2.04. The fourth-order valence-corrected chi connectivity index (χ4v) is 2.12. The third kappa shape index (κ3) is 2.03. The minimum atomic E-state index is 0.561. The number of nitrogens with one attached hydrogen (secondary N) is 1. The van der Waals surface area contributed by atoms with Gasteiger partial charge in [0.05, 0.1) is 12.6 Å². The molecule has 0 radical (unpaired) electrons. The molecule has 0 aliphatic carbocycles. The Balaban J connectivity index is 2.72. The molecule has 2 rings (SSSR count). The molecule has 1 heterocycles. The van der Waals surface area contributed by atoms with Gasteiger partial charge in [0, 0.05) is 6.54 Å². The number of methoxy groups -OCH3 is 1. The van der Waals surface area contributed by atoms with Gasteiger partial charge in [-0.2, -0.15) is 0 Å². The molecule has 1 amide bonds. The standard InChI is InChI=1S/C13H17N3O2/c1-4-5-16-12-10(15-13(16)14-8-17)6-9(2)7-11(12)18-3/h6-8H,4-5H2,1-3H3,(H,14,15,17). The molecule has 1 aromatic heterocycles. The van der Waals surface area contributed by atoms with Gasteiger partial charge in [0.15, 0.2) is 0 Å². The molecule has 1 aromatic carbocycles. The molecule has 18 heavy (non-hydrogen) atoms. The molecule has 5 heteroatoms. The number of carbonyl (C=O) groups is 1. The van der Waals surface area contributed by atoms with E-state index in [0.29, 0.717) is 12.4 Å². The summed E-state index contributed by atoms with van der Waals surface area (Å²) in [6.07, 6.45) is 1.60. The van der Waals surface area contributed by atoms with E-state index in [4.69, 9.17) is 4.74 Å². The van der Waals surface area contributed by atoms with Crippen LogP contribution in [0.5, 0.6) is 5.75 Å². The fourth-order valence-electron chi connectivity index (χ4n) is 2.12. The highest BCUT2D eigenvalue weighted by atomic mass is 16.5. The first-order valence-electron chi connectivity index (χ1n) is 5.96. The first kappa shape index (κ1) is 12.4. The van der Waals surface area contributed by atoms with Gasteiger partial charge in [0.25, 0.3) is 0 Å². The van der Waals surface area contributed by atoms with Gasteiger partial charge in [-0.3, -0.25) is 10.1 Å². The molecule has 96 valence electrons. The molecule has 0 unspecified atom stereocenters. The SMILES string of the molecule is CCCn1c(NC=O)nc2cc(C)cc(OC)c21. The Bertz CT molecular complexity index is 575. The summed E-state index contributed by atoms with van der Waals surface area (Å²) < 4.78 is 7.38. The number of imidazole rings is 1. The third-order valence-corrected chi connectivity index (χ3v) is 2.81.